The standard InChI is InChI=1S/C27H40NO.Y/c1-23-14-13-15-24(2)27(23)29-25(3)16-9-12-21-28(19-10-4-5-11-20-28)22-26-17-7-6-8-18-26;/h6-8,13-15,17-18,25H,4-5,9-12,16,19-22H2,1-3H3;/q+1;. The molecule has 1 aliphatic heterocycles. The number of ether oxygens (including phenoxy) is 1. The van der Waals surface area contributed by atoms with E-state index >= 15 is 0 Å². The molecule has 1 unspecified atom stereocenters. The van der Waals surface area contributed by atoms with Crippen molar-refractivity contribution in [2.45, 2.75) is 78.4 Å². The van der Waals surface area contributed by atoms with Crippen LogP contribution in [0.3, 0.4) is 0 Å². The van der Waals surface area contributed by atoms with Crippen LogP contribution in [-0.4, -0.2) is 30.2 Å². The number of para-hydroxylation sites is 1. The van der Waals surface area contributed by atoms with Crippen molar-refractivity contribution in [1.29, 1.82) is 0 Å². The molecule has 0 N–H and O–H groups in total. The van der Waals surface area contributed by atoms with Gasteiger partial charge in [-0.1, -0.05) is 48.5 Å². The molecular formula is C27H40NOY+. The third-order valence-electron chi connectivity index (χ3n) is 6.60. The van der Waals surface area contributed by atoms with Crippen molar-refractivity contribution in [2.24, 2.45) is 0 Å². The maximum absolute atomic E-state index is 6.30. The van der Waals surface area contributed by atoms with Gasteiger partial charge in [0.1, 0.15) is 12.3 Å². The Morgan fingerprint density at radius 3 is 2.10 bits per heavy atom. The zero-order chi connectivity index (χ0) is 20.5. The van der Waals surface area contributed by atoms with Gasteiger partial charge in [-0.05, 0) is 76.8 Å². The monoisotopic (exact) mass is 483 g/mol. The molecule has 1 atom stereocenters. The van der Waals surface area contributed by atoms with Crippen LogP contribution in [0.25, 0.3) is 0 Å². The van der Waals surface area contributed by atoms with Crippen molar-refractivity contribution < 1.29 is 41.9 Å². The van der Waals surface area contributed by atoms with Gasteiger partial charge in [0, 0.05) is 38.3 Å². The van der Waals surface area contributed by atoms with Gasteiger partial charge in [0.15, 0.2) is 0 Å². The summed E-state index contributed by atoms with van der Waals surface area (Å²) in [5.74, 6) is 1.08. The van der Waals surface area contributed by atoms with Crippen LogP contribution in [0.5, 0.6) is 5.75 Å². The van der Waals surface area contributed by atoms with Gasteiger partial charge in [0.05, 0.1) is 25.7 Å². The molecule has 0 aromatic heterocycles. The molecule has 3 heteroatoms. The molecule has 3 rings (SSSR count). The van der Waals surface area contributed by atoms with E-state index in [4.69, 9.17) is 4.74 Å². The van der Waals surface area contributed by atoms with E-state index in [-0.39, 0.29) is 38.8 Å². The summed E-state index contributed by atoms with van der Waals surface area (Å²) in [6.07, 6.45) is 9.57. The van der Waals surface area contributed by atoms with Gasteiger partial charge in [-0.15, -0.1) is 0 Å². The molecule has 0 aliphatic carbocycles. The van der Waals surface area contributed by atoms with Crippen molar-refractivity contribution >= 4 is 0 Å². The van der Waals surface area contributed by atoms with Crippen LogP contribution >= 0.6 is 0 Å². The van der Waals surface area contributed by atoms with Crippen molar-refractivity contribution in [1.82, 2.24) is 0 Å². The fourth-order valence-corrected chi connectivity index (χ4v) is 4.92. The van der Waals surface area contributed by atoms with E-state index in [2.05, 4.69) is 69.3 Å². The van der Waals surface area contributed by atoms with E-state index in [9.17, 15) is 0 Å². The molecule has 1 fully saturated rings. The van der Waals surface area contributed by atoms with Crippen LogP contribution < -0.4 is 4.74 Å². The van der Waals surface area contributed by atoms with Crippen LogP contribution in [0.1, 0.15) is 68.6 Å². The van der Waals surface area contributed by atoms with Gasteiger partial charge in [-0.25, -0.2) is 0 Å². The smallest absolute Gasteiger partial charge is 0.125 e. The Bertz CT molecular complexity index is 718. The number of quaternary nitrogens is 1. The minimum Gasteiger partial charge on any atom is -0.490 e. The van der Waals surface area contributed by atoms with Gasteiger partial charge in [0.2, 0.25) is 0 Å². The summed E-state index contributed by atoms with van der Waals surface area (Å²) in [4.78, 5) is 0. The van der Waals surface area contributed by atoms with Crippen molar-refractivity contribution in [2.75, 3.05) is 19.6 Å². The molecule has 1 saturated heterocycles. The summed E-state index contributed by atoms with van der Waals surface area (Å²) in [6, 6.07) is 17.5. The molecule has 2 nitrogen and oxygen atoms in total. The topological polar surface area (TPSA) is 9.23 Å². The van der Waals surface area contributed by atoms with E-state index in [1.54, 1.807) is 0 Å². The maximum atomic E-state index is 6.30. The van der Waals surface area contributed by atoms with Crippen LogP contribution in [0.2, 0.25) is 0 Å². The van der Waals surface area contributed by atoms with Crippen LogP contribution in [0.15, 0.2) is 48.5 Å². The van der Waals surface area contributed by atoms with Gasteiger partial charge in [-0.3, -0.25) is 0 Å². The summed E-state index contributed by atoms with van der Waals surface area (Å²) in [5, 5.41) is 0. The molecule has 30 heavy (non-hydrogen) atoms. The van der Waals surface area contributed by atoms with Crippen LogP contribution in [0.4, 0.5) is 0 Å². The minimum absolute atomic E-state index is 0. The number of benzene rings is 2. The van der Waals surface area contributed by atoms with E-state index in [1.807, 2.05) is 0 Å². The Morgan fingerprint density at radius 1 is 0.833 bits per heavy atom. The first-order chi connectivity index (χ1) is 14.1. The molecular weight excluding hydrogens is 443 g/mol. The van der Waals surface area contributed by atoms with Gasteiger partial charge >= 0.3 is 0 Å². The Morgan fingerprint density at radius 2 is 1.47 bits per heavy atom. The Labute approximate surface area is 209 Å². The fraction of sp³-hybridized carbons (Fsp3) is 0.556. The Balaban J connectivity index is 0.00000320. The predicted molar refractivity (Wildman–Crippen MR) is 123 cm³/mol. The molecule has 2 aromatic rings. The van der Waals surface area contributed by atoms with E-state index < -0.39 is 0 Å². The number of aryl methyl sites for hydroxylation is 2. The second-order valence-electron chi connectivity index (χ2n) is 9.22. The van der Waals surface area contributed by atoms with E-state index in [1.165, 1.54) is 85.9 Å². The summed E-state index contributed by atoms with van der Waals surface area (Å²) < 4.78 is 7.59. The van der Waals surface area contributed by atoms with E-state index in [0.29, 0.717) is 0 Å². The first kappa shape index (κ1) is 25.6. The number of hydrogen-bond acceptors (Lipinski definition) is 1. The third-order valence-corrected chi connectivity index (χ3v) is 6.60. The zero-order valence-corrected chi connectivity index (χ0v) is 22.2. The normalized spacial score (nSPS) is 16.9. The second kappa shape index (κ2) is 13.0. The predicted octanol–water partition coefficient (Wildman–Crippen LogP) is 6.83. The van der Waals surface area contributed by atoms with Gasteiger partial charge < -0.3 is 9.22 Å². The van der Waals surface area contributed by atoms with Crippen molar-refractivity contribution in [3.05, 3.63) is 65.2 Å². The fourth-order valence-electron chi connectivity index (χ4n) is 4.92. The third kappa shape index (κ3) is 7.77. The molecule has 1 heterocycles. The Kier molecular flexibility index (Phi) is 11.1. The number of hydrogen-bond donors (Lipinski definition) is 0. The quantitative estimate of drug-likeness (QED) is 0.281. The summed E-state index contributed by atoms with van der Waals surface area (Å²) in [5.41, 5.74) is 3.99. The maximum Gasteiger partial charge on any atom is 0.125 e. The first-order valence-corrected chi connectivity index (χ1v) is 11.7. The average Bonchev–Trinajstić information content (AvgIpc) is 2.95. The van der Waals surface area contributed by atoms with Crippen molar-refractivity contribution in [3.8, 4) is 5.75 Å². The van der Waals surface area contributed by atoms with Crippen LogP contribution in [-0.2, 0) is 39.3 Å². The SMILES string of the molecule is Cc1cccc(C)c1OC(C)CCCC[N+]1(Cc2ccccc2)CCCCCC1.[Y]. The average molecular weight is 484 g/mol. The number of rotatable bonds is 9. The molecule has 2 aromatic carbocycles. The largest absolute Gasteiger partial charge is 0.490 e. The molecule has 0 amide bonds. The van der Waals surface area contributed by atoms with Crippen LogP contribution in [0, 0.1) is 13.8 Å². The number of likely N-dealkylation sites (tertiary alicyclic amines) is 1. The van der Waals surface area contributed by atoms with Crippen molar-refractivity contribution in [3.63, 3.8) is 0 Å². The van der Waals surface area contributed by atoms with Gasteiger partial charge in [-0.2, -0.15) is 0 Å². The first-order valence-electron chi connectivity index (χ1n) is 11.7. The molecule has 161 valence electrons. The summed E-state index contributed by atoms with van der Waals surface area (Å²) in [7, 11) is 0. The molecule has 0 bridgehead atoms. The molecule has 1 aliphatic rings. The molecule has 0 spiro atoms. The molecule has 1 radical (unpaired) electrons. The summed E-state index contributed by atoms with van der Waals surface area (Å²) in [6.45, 7) is 11.7. The Hall–Kier alpha value is -0.696. The number of nitrogens with zero attached hydrogens (tertiary/aromatic N) is 1. The van der Waals surface area contributed by atoms with Gasteiger partial charge in [0.25, 0.3) is 0 Å². The van der Waals surface area contributed by atoms with E-state index in [0.717, 1.165) is 12.2 Å². The zero-order valence-electron chi connectivity index (χ0n) is 19.4. The second-order valence-corrected chi connectivity index (χ2v) is 9.22. The summed E-state index contributed by atoms with van der Waals surface area (Å²) >= 11 is 0. The number of unbranched alkanes of at least 4 members (excludes halogenated alkanes) is 1. The molecule has 0 saturated carbocycles. The minimum atomic E-state index is 0.